The molecular weight excluding hydrogens is 627 g/mol. The molecule has 0 bridgehead atoms. The molecule has 1 aromatic carbocycles. The van der Waals surface area contributed by atoms with E-state index in [0.29, 0.717) is 60.1 Å². The van der Waals surface area contributed by atoms with Gasteiger partial charge in [-0.25, -0.2) is 23.5 Å². The summed E-state index contributed by atoms with van der Waals surface area (Å²) < 4.78 is 29.3. The van der Waals surface area contributed by atoms with E-state index in [1.165, 1.54) is 0 Å². The van der Waals surface area contributed by atoms with E-state index in [2.05, 4.69) is 14.8 Å². The highest BCUT2D eigenvalue weighted by Gasteiger charge is 2.26. The first-order valence-electron chi connectivity index (χ1n) is 14.5. The fourth-order valence-electron chi connectivity index (χ4n) is 5.69. The molecule has 3 aromatic rings. The second-order valence-electron chi connectivity index (χ2n) is 11.4. The average Bonchev–Trinajstić information content (AvgIpc) is 2.97. The Morgan fingerprint density at radius 3 is 2.32 bits per heavy atom. The van der Waals surface area contributed by atoms with E-state index in [9.17, 15) is 18.3 Å². The van der Waals surface area contributed by atoms with Gasteiger partial charge >= 0.3 is 5.97 Å². The molecule has 2 fully saturated rings. The number of anilines is 1. The van der Waals surface area contributed by atoms with Crippen LogP contribution in [0.1, 0.15) is 25.3 Å². The number of piperidine rings is 1. The highest BCUT2D eigenvalue weighted by molar-refractivity contribution is 7.89. The van der Waals surface area contributed by atoms with E-state index in [4.69, 9.17) is 38.1 Å². The maximum Gasteiger partial charge on any atom is 0.320 e. The predicted octanol–water partition coefficient (Wildman–Crippen LogP) is 4.34. The molecule has 2 aromatic heterocycles. The number of carboxylic acids is 1. The lowest BCUT2D eigenvalue weighted by atomic mass is 9.98. The van der Waals surface area contributed by atoms with Gasteiger partial charge < -0.3 is 14.7 Å². The van der Waals surface area contributed by atoms with Gasteiger partial charge in [0, 0.05) is 54.4 Å². The molecule has 3 N–H and O–H groups in total. The second kappa shape index (κ2) is 14.0. The van der Waals surface area contributed by atoms with Crippen LogP contribution in [0.4, 0.5) is 5.82 Å². The average molecular weight is 664 g/mol. The minimum Gasteiger partial charge on any atom is -0.480 e. The van der Waals surface area contributed by atoms with Crippen LogP contribution in [0.25, 0.3) is 11.3 Å². The van der Waals surface area contributed by atoms with Gasteiger partial charge in [-0.1, -0.05) is 23.2 Å². The van der Waals surface area contributed by atoms with Crippen molar-refractivity contribution in [1.29, 1.82) is 0 Å². The van der Waals surface area contributed by atoms with Gasteiger partial charge in [0.2, 0.25) is 15.9 Å². The number of piperazine rings is 1. The van der Waals surface area contributed by atoms with Crippen LogP contribution >= 0.6 is 23.2 Å². The number of carboxylic acid groups (broad SMARTS) is 1. The lowest BCUT2D eigenvalue weighted by Crippen LogP contribution is -2.51. The van der Waals surface area contributed by atoms with Crippen LogP contribution in [0, 0.1) is 5.92 Å². The number of rotatable bonds is 10. The van der Waals surface area contributed by atoms with Crippen molar-refractivity contribution in [2.75, 3.05) is 49.9 Å². The zero-order chi connectivity index (χ0) is 31.4. The monoisotopic (exact) mass is 662 g/mol. The summed E-state index contributed by atoms with van der Waals surface area (Å²) in [5.74, 6) is 0.970. The summed E-state index contributed by atoms with van der Waals surface area (Å²) in [6, 6.07) is 12.4. The number of primary sulfonamides is 1. The van der Waals surface area contributed by atoms with E-state index in [-0.39, 0.29) is 11.7 Å². The SMILES string of the molecule is CC(C(=O)O)N1CCN(c2ccc(Oc3cc(CN4CCC(CS(N)(=O)=O)CC4)cc(-c4cc(Cl)cc(Cl)c4)n3)cn2)CC1. The Bertz CT molecular complexity index is 1560. The van der Waals surface area contributed by atoms with E-state index >= 15 is 0 Å². The lowest BCUT2D eigenvalue weighted by molar-refractivity contribution is -0.142. The zero-order valence-electron chi connectivity index (χ0n) is 24.4. The zero-order valence-corrected chi connectivity index (χ0v) is 26.7. The Balaban J connectivity index is 1.30. The summed E-state index contributed by atoms with van der Waals surface area (Å²) in [5.41, 5.74) is 2.39. The van der Waals surface area contributed by atoms with Crippen molar-refractivity contribution in [2.45, 2.75) is 32.4 Å². The first-order valence-corrected chi connectivity index (χ1v) is 16.9. The fourth-order valence-corrected chi connectivity index (χ4v) is 7.20. The summed E-state index contributed by atoms with van der Waals surface area (Å²) >= 11 is 12.6. The van der Waals surface area contributed by atoms with E-state index in [1.807, 2.05) is 29.2 Å². The van der Waals surface area contributed by atoms with Crippen LogP contribution in [-0.4, -0.2) is 90.3 Å². The number of pyridine rings is 2. The first kappa shape index (κ1) is 32.4. The summed E-state index contributed by atoms with van der Waals surface area (Å²) in [7, 11) is -3.49. The molecule has 14 heteroatoms. The number of nitrogens with zero attached hydrogens (tertiary/aromatic N) is 5. The van der Waals surface area contributed by atoms with E-state index in [0.717, 1.165) is 42.9 Å². The number of likely N-dealkylation sites (tertiary alicyclic amines) is 1. The van der Waals surface area contributed by atoms with Crippen LogP contribution in [0.5, 0.6) is 11.6 Å². The number of carbonyl (C=O) groups is 1. The predicted molar refractivity (Wildman–Crippen MR) is 171 cm³/mol. The highest BCUT2D eigenvalue weighted by Crippen LogP contribution is 2.31. The number of hydrogen-bond acceptors (Lipinski definition) is 9. The molecule has 0 saturated carbocycles. The third-order valence-corrected chi connectivity index (χ3v) is 9.46. The number of benzene rings is 1. The number of sulfonamides is 1. The molecular formula is C30H36Cl2N6O5S. The minimum absolute atomic E-state index is 0.0146. The van der Waals surface area contributed by atoms with Crippen molar-refractivity contribution in [3.8, 4) is 22.9 Å². The summed E-state index contributed by atoms with van der Waals surface area (Å²) in [5, 5.41) is 15.5. The van der Waals surface area contributed by atoms with Crippen molar-refractivity contribution in [3.63, 3.8) is 0 Å². The standard InChI is InChI=1S/C30H36Cl2N6O5S/c1-20(30(39)40)37-8-10-38(11-9-37)28-3-2-26(17-34-28)43-29-13-22(12-27(35-29)23-14-24(31)16-25(32)15-23)18-36-6-4-21(5-7-36)19-44(33,41)42/h2-3,12-17,20-21H,4-11,18-19H2,1H3,(H,39,40)(H2,33,41,42). The van der Waals surface area contributed by atoms with Crippen LogP contribution in [-0.2, 0) is 21.4 Å². The molecule has 1 unspecified atom stereocenters. The van der Waals surface area contributed by atoms with E-state index < -0.39 is 22.0 Å². The van der Waals surface area contributed by atoms with Crippen LogP contribution in [0.2, 0.25) is 10.0 Å². The maximum absolute atomic E-state index is 11.5. The number of aliphatic carboxylic acids is 1. The number of halogens is 2. The molecule has 5 rings (SSSR count). The largest absolute Gasteiger partial charge is 0.480 e. The minimum atomic E-state index is -3.49. The Hall–Kier alpha value is -3.00. The molecule has 2 aliphatic heterocycles. The van der Waals surface area contributed by atoms with Gasteiger partial charge in [0.15, 0.2) is 0 Å². The molecule has 2 saturated heterocycles. The van der Waals surface area contributed by atoms with Crippen molar-refractivity contribution in [3.05, 3.63) is 64.3 Å². The second-order valence-corrected chi connectivity index (χ2v) is 13.9. The molecule has 0 radical (unpaired) electrons. The van der Waals surface area contributed by atoms with Gasteiger partial charge in [0.1, 0.15) is 17.6 Å². The molecule has 11 nitrogen and oxygen atoms in total. The Morgan fingerprint density at radius 1 is 1.05 bits per heavy atom. The molecule has 44 heavy (non-hydrogen) atoms. The molecule has 2 aliphatic rings. The topological polar surface area (TPSA) is 142 Å². The Morgan fingerprint density at radius 2 is 1.73 bits per heavy atom. The lowest BCUT2D eigenvalue weighted by Gasteiger charge is -2.37. The van der Waals surface area contributed by atoms with Gasteiger partial charge in [0.25, 0.3) is 0 Å². The molecule has 4 heterocycles. The third-order valence-electron chi connectivity index (χ3n) is 8.09. The van der Waals surface area contributed by atoms with Gasteiger partial charge in [-0.3, -0.25) is 14.6 Å². The molecule has 0 aliphatic carbocycles. The number of nitrogens with two attached hydrogens (primary N) is 1. The number of hydrogen-bond donors (Lipinski definition) is 2. The quantitative estimate of drug-likeness (QED) is 0.322. The summed E-state index contributed by atoms with van der Waals surface area (Å²) in [6.45, 7) is 6.49. The number of aromatic nitrogens is 2. The van der Waals surface area contributed by atoms with Gasteiger partial charge in [-0.05, 0) is 80.7 Å². The summed E-state index contributed by atoms with van der Waals surface area (Å²) in [4.78, 5) is 27.0. The van der Waals surface area contributed by atoms with Crippen LogP contribution in [0.3, 0.4) is 0 Å². The van der Waals surface area contributed by atoms with Crippen LogP contribution < -0.4 is 14.8 Å². The smallest absolute Gasteiger partial charge is 0.320 e. The van der Waals surface area contributed by atoms with Crippen molar-refractivity contribution in [1.82, 2.24) is 19.8 Å². The van der Waals surface area contributed by atoms with Crippen molar-refractivity contribution < 1.29 is 23.1 Å². The summed E-state index contributed by atoms with van der Waals surface area (Å²) in [6.07, 6.45) is 3.17. The fraction of sp³-hybridized carbons (Fsp3) is 0.433. The van der Waals surface area contributed by atoms with Crippen molar-refractivity contribution in [2.24, 2.45) is 11.1 Å². The highest BCUT2D eigenvalue weighted by atomic mass is 35.5. The van der Waals surface area contributed by atoms with Crippen molar-refractivity contribution >= 4 is 45.0 Å². The van der Waals surface area contributed by atoms with Gasteiger partial charge in [-0.15, -0.1) is 0 Å². The maximum atomic E-state index is 11.5. The molecule has 0 spiro atoms. The Labute approximate surface area is 267 Å². The molecule has 0 amide bonds. The molecule has 1 atom stereocenters. The third kappa shape index (κ3) is 8.80. The number of ether oxygens (including phenoxy) is 1. The van der Waals surface area contributed by atoms with Gasteiger partial charge in [0.05, 0.1) is 17.6 Å². The van der Waals surface area contributed by atoms with E-state index in [1.54, 1.807) is 31.3 Å². The first-order chi connectivity index (χ1) is 20.9. The Kier molecular flexibility index (Phi) is 10.3. The normalized spacial score (nSPS) is 17.9. The van der Waals surface area contributed by atoms with Gasteiger partial charge in [-0.2, -0.15) is 0 Å². The van der Waals surface area contributed by atoms with Crippen LogP contribution in [0.15, 0.2) is 48.7 Å². The molecule has 236 valence electrons.